The number of thioether (sulfide) groups is 1. The summed E-state index contributed by atoms with van der Waals surface area (Å²) in [6, 6.07) is 8.35. The lowest BCUT2D eigenvalue weighted by molar-refractivity contribution is -0.115. The van der Waals surface area contributed by atoms with Gasteiger partial charge in [-0.3, -0.25) is 4.79 Å². The van der Waals surface area contributed by atoms with Crippen molar-refractivity contribution in [2.24, 2.45) is 5.73 Å². The molecule has 25 heavy (non-hydrogen) atoms. The van der Waals surface area contributed by atoms with Crippen LogP contribution in [-0.2, 0) is 4.79 Å². The van der Waals surface area contributed by atoms with Gasteiger partial charge in [0.25, 0.3) is 0 Å². The van der Waals surface area contributed by atoms with Crippen molar-refractivity contribution in [2.45, 2.75) is 5.03 Å². The highest BCUT2D eigenvalue weighted by Gasteiger charge is 2.21. The molecule has 0 atom stereocenters. The van der Waals surface area contributed by atoms with E-state index >= 15 is 0 Å². The first kappa shape index (κ1) is 17.9. The van der Waals surface area contributed by atoms with Gasteiger partial charge in [0, 0.05) is 5.56 Å². The largest absolute Gasteiger partial charge is 0.504 e. The number of benzene rings is 1. The number of primary amides is 1. The zero-order chi connectivity index (χ0) is 18.6. The van der Waals surface area contributed by atoms with Gasteiger partial charge in [0.05, 0.1) is 18.4 Å². The number of nitrogens with two attached hydrogens (primary N) is 2. The van der Waals surface area contributed by atoms with Gasteiger partial charge in [-0.2, -0.15) is 10.5 Å². The molecule has 5 N–H and O–H groups in total. The zero-order valence-electron chi connectivity index (χ0n) is 13.1. The molecule has 0 aliphatic rings. The number of hydrogen-bond donors (Lipinski definition) is 3. The Kier molecular flexibility index (Phi) is 5.32. The number of phenolic OH excluding ortho intramolecular Hbond substituents is 1. The number of phenols is 1. The first-order valence-electron chi connectivity index (χ1n) is 6.85. The molecule has 1 aromatic carbocycles. The van der Waals surface area contributed by atoms with Crippen molar-refractivity contribution in [1.82, 2.24) is 4.98 Å². The molecule has 2 rings (SSSR count). The monoisotopic (exact) mass is 355 g/mol. The molecular weight excluding hydrogens is 342 g/mol. The Bertz CT molecular complexity index is 931. The maximum Gasteiger partial charge on any atom is 0.227 e. The van der Waals surface area contributed by atoms with Gasteiger partial charge in [-0.15, -0.1) is 0 Å². The fourth-order valence-corrected chi connectivity index (χ4v) is 2.91. The van der Waals surface area contributed by atoms with E-state index < -0.39 is 5.91 Å². The number of hydrogen-bond acceptors (Lipinski definition) is 8. The number of nitrogen functional groups attached to an aromatic ring is 1. The van der Waals surface area contributed by atoms with Crippen LogP contribution in [0.4, 0.5) is 5.82 Å². The van der Waals surface area contributed by atoms with Gasteiger partial charge in [0.2, 0.25) is 5.91 Å². The van der Waals surface area contributed by atoms with E-state index in [0.717, 1.165) is 11.8 Å². The number of aromatic nitrogens is 1. The van der Waals surface area contributed by atoms with E-state index in [1.165, 1.54) is 19.2 Å². The number of nitrogens with zero attached hydrogens (tertiary/aromatic N) is 3. The average Bonchev–Trinajstić information content (AvgIpc) is 2.59. The number of amides is 1. The highest BCUT2D eigenvalue weighted by molar-refractivity contribution is 8.00. The Morgan fingerprint density at radius 2 is 2.04 bits per heavy atom. The average molecular weight is 355 g/mol. The Balaban J connectivity index is 2.74. The van der Waals surface area contributed by atoms with Crippen LogP contribution in [0.25, 0.3) is 11.1 Å². The lowest BCUT2D eigenvalue weighted by Gasteiger charge is -2.13. The van der Waals surface area contributed by atoms with E-state index in [0.29, 0.717) is 5.56 Å². The van der Waals surface area contributed by atoms with Crippen molar-refractivity contribution in [3.63, 3.8) is 0 Å². The SMILES string of the molecule is COc1ccc(-c2c(C#N)c(N)nc(SCC(N)=O)c2C#N)cc1O. The predicted molar refractivity (Wildman–Crippen MR) is 91.7 cm³/mol. The summed E-state index contributed by atoms with van der Waals surface area (Å²) < 4.78 is 4.99. The van der Waals surface area contributed by atoms with Gasteiger partial charge >= 0.3 is 0 Å². The van der Waals surface area contributed by atoms with Crippen molar-refractivity contribution < 1.29 is 14.6 Å². The van der Waals surface area contributed by atoms with Crippen LogP contribution in [-0.4, -0.2) is 28.9 Å². The van der Waals surface area contributed by atoms with Gasteiger partial charge in [-0.05, 0) is 17.7 Å². The molecule has 1 heterocycles. The van der Waals surface area contributed by atoms with Gasteiger partial charge in [-0.25, -0.2) is 4.98 Å². The first-order chi connectivity index (χ1) is 11.9. The maximum absolute atomic E-state index is 11.0. The molecule has 0 aliphatic carbocycles. The van der Waals surface area contributed by atoms with E-state index in [-0.39, 0.29) is 44.8 Å². The number of rotatable bonds is 5. The number of ether oxygens (including phenoxy) is 1. The topological polar surface area (TPSA) is 159 Å². The second kappa shape index (κ2) is 7.43. The van der Waals surface area contributed by atoms with Crippen LogP contribution in [0, 0.1) is 22.7 Å². The molecule has 0 aliphatic heterocycles. The normalized spacial score (nSPS) is 9.88. The maximum atomic E-state index is 11.0. The molecule has 0 bridgehead atoms. The molecule has 2 aromatic rings. The molecular formula is C16H13N5O3S. The molecule has 0 unspecified atom stereocenters. The fraction of sp³-hybridized carbons (Fsp3) is 0.125. The van der Waals surface area contributed by atoms with Gasteiger partial charge in [0.15, 0.2) is 11.5 Å². The summed E-state index contributed by atoms with van der Waals surface area (Å²) in [6.45, 7) is 0. The highest BCUT2D eigenvalue weighted by atomic mass is 32.2. The molecule has 0 spiro atoms. The smallest absolute Gasteiger partial charge is 0.227 e. The first-order valence-corrected chi connectivity index (χ1v) is 7.83. The second-order valence-corrected chi connectivity index (χ2v) is 5.76. The van der Waals surface area contributed by atoms with Crippen molar-refractivity contribution >= 4 is 23.5 Å². The molecule has 1 amide bonds. The summed E-state index contributed by atoms with van der Waals surface area (Å²) in [5, 5.41) is 29.1. The van der Waals surface area contributed by atoms with Crippen LogP contribution < -0.4 is 16.2 Å². The van der Waals surface area contributed by atoms with Crippen molar-refractivity contribution in [2.75, 3.05) is 18.6 Å². The quantitative estimate of drug-likeness (QED) is 0.678. The Morgan fingerprint density at radius 3 is 2.56 bits per heavy atom. The number of anilines is 1. The summed E-state index contributed by atoms with van der Waals surface area (Å²) in [5.41, 5.74) is 11.7. The van der Waals surface area contributed by atoms with Crippen molar-refractivity contribution in [3.05, 3.63) is 29.3 Å². The summed E-state index contributed by atoms with van der Waals surface area (Å²) in [6.07, 6.45) is 0. The molecule has 1 aromatic heterocycles. The lowest BCUT2D eigenvalue weighted by Crippen LogP contribution is -2.14. The van der Waals surface area contributed by atoms with E-state index in [2.05, 4.69) is 4.98 Å². The molecule has 0 saturated carbocycles. The number of carbonyl (C=O) groups is 1. The number of nitriles is 2. The van der Waals surface area contributed by atoms with Gasteiger partial charge in [0.1, 0.15) is 28.5 Å². The summed E-state index contributed by atoms with van der Waals surface area (Å²) >= 11 is 0.949. The molecule has 8 nitrogen and oxygen atoms in total. The van der Waals surface area contributed by atoms with E-state index in [4.69, 9.17) is 16.2 Å². The molecule has 0 radical (unpaired) electrons. The van der Waals surface area contributed by atoms with Crippen LogP contribution in [0.15, 0.2) is 23.2 Å². The van der Waals surface area contributed by atoms with Crippen LogP contribution in [0.1, 0.15) is 11.1 Å². The number of methoxy groups -OCH3 is 1. The minimum absolute atomic E-state index is 0.00421. The fourth-order valence-electron chi connectivity index (χ4n) is 2.18. The van der Waals surface area contributed by atoms with E-state index in [9.17, 15) is 20.4 Å². The highest BCUT2D eigenvalue weighted by Crippen LogP contribution is 2.38. The molecule has 0 fully saturated rings. The van der Waals surface area contributed by atoms with Crippen molar-refractivity contribution in [3.8, 4) is 34.8 Å². The number of carbonyl (C=O) groups excluding carboxylic acids is 1. The van der Waals surface area contributed by atoms with Crippen LogP contribution in [0.3, 0.4) is 0 Å². The third kappa shape index (κ3) is 3.57. The predicted octanol–water partition coefficient (Wildman–Crippen LogP) is 1.37. The van der Waals surface area contributed by atoms with Gasteiger partial charge in [-0.1, -0.05) is 17.8 Å². The third-order valence-electron chi connectivity index (χ3n) is 3.23. The van der Waals surface area contributed by atoms with Gasteiger partial charge < -0.3 is 21.3 Å². The number of aromatic hydroxyl groups is 1. The van der Waals surface area contributed by atoms with Crippen LogP contribution in [0.2, 0.25) is 0 Å². The Labute approximate surface area is 147 Å². The Morgan fingerprint density at radius 1 is 1.36 bits per heavy atom. The minimum atomic E-state index is -0.581. The standard InChI is InChI=1S/C16H13N5O3S/c1-24-12-3-2-8(4-11(12)22)14-9(5-17)15(20)21-16(10(14)6-18)25-7-13(19)23/h2-4,22H,7H2,1H3,(H2,19,23)(H2,20,21). The second-order valence-electron chi connectivity index (χ2n) is 4.79. The molecule has 9 heteroatoms. The van der Waals surface area contributed by atoms with E-state index in [1.807, 2.05) is 12.1 Å². The zero-order valence-corrected chi connectivity index (χ0v) is 13.9. The minimum Gasteiger partial charge on any atom is -0.504 e. The lowest BCUT2D eigenvalue weighted by atomic mass is 9.96. The van der Waals surface area contributed by atoms with Crippen LogP contribution in [0.5, 0.6) is 11.5 Å². The summed E-state index contributed by atoms with van der Waals surface area (Å²) in [7, 11) is 1.40. The molecule has 126 valence electrons. The Hall–Kier alpha value is -3.43. The van der Waals surface area contributed by atoms with Crippen LogP contribution >= 0.6 is 11.8 Å². The summed E-state index contributed by atoms with van der Waals surface area (Å²) in [5.74, 6) is -0.679. The number of pyridine rings is 1. The third-order valence-corrected chi connectivity index (χ3v) is 4.23. The molecule has 0 saturated heterocycles. The van der Waals surface area contributed by atoms with Crippen molar-refractivity contribution in [1.29, 1.82) is 10.5 Å². The van der Waals surface area contributed by atoms with E-state index in [1.54, 1.807) is 6.07 Å². The summed E-state index contributed by atoms with van der Waals surface area (Å²) in [4.78, 5) is 15.0.